The van der Waals surface area contributed by atoms with E-state index < -0.39 is 4.92 Å². The summed E-state index contributed by atoms with van der Waals surface area (Å²) >= 11 is 0. The smallest absolute Gasteiger partial charge is 0.274 e. The predicted octanol–water partition coefficient (Wildman–Crippen LogP) is 3.26. The molecule has 0 aliphatic rings. The van der Waals surface area contributed by atoms with Crippen molar-refractivity contribution in [2.24, 2.45) is 0 Å². The van der Waals surface area contributed by atoms with Crippen molar-refractivity contribution < 1.29 is 9.72 Å². The summed E-state index contributed by atoms with van der Waals surface area (Å²) in [4.78, 5) is 23.0. The van der Waals surface area contributed by atoms with Crippen LogP contribution in [-0.4, -0.2) is 20.6 Å². The van der Waals surface area contributed by atoms with Crippen molar-refractivity contribution in [2.45, 2.75) is 26.8 Å². The number of amides is 1. The van der Waals surface area contributed by atoms with Gasteiger partial charge in [0.15, 0.2) is 0 Å². The molecule has 0 aliphatic carbocycles. The molecular weight excluding hydrogens is 344 g/mol. The van der Waals surface area contributed by atoms with Gasteiger partial charge in [-0.2, -0.15) is 5.10 Å². The molecule has 0 saturated heterocycles. The van der Waals surface area contributed by atoms with Crippen LogP contribution in [0.5, 0.6) is 0 Å². The second kappa shape index (κ2) is 7.82. The van der Waals surface area contributed by atoms with Crippen molar-refractivity contribution in [3.05, 3.63) is 87.2 Å². The van der Waals surface area contributed by atoms with E-state index in [1.807, 2.05) is 48.9 Å². The summed E-state index contributed by atoms with van der Waals surface area (Å²) in [6.45, 7) is 3.91. The Balaban J connectivity index is 1.72. The van der Waals surface area contributed by atoms with E-state index in [0.29, 0.717) is 5.56 Å². The molecule has 0 saturated carbocycles. The molecule has 138 valence electrons. The van der Waals surface area contributed by atoms with Crippen LogP contribution in [0.25, 0.3) is 5.69 Å². The molecule has 2 aromatic carbocycles. The van der Waals surface area contributed by atoms with Gasteiger partial charge in [0.25, 0.3) is 5.69 Å². The molecule has 0 radical (unpaired) electrons. The number of benzene rings is 2. The number of para-hydroxylation sites is 2. The molecule has 1 aromatic heterocycles. The Morgan fingerprint density at radius 2 is 1.78 bits per heavy atom. The third kappa shape index (κ3) is 4.03. The number of rotatable bonds is 6. The molecule has 3 aromatic rings. The second-order valence-corrected chi connectivity index (χ2v) is 6.24. The lowest BCUT2D eigenvalue weighted by molar-refractivity contribution is -0.385. The average molecular weight is 364 g/mol. The number of hydrogen-bond donors (Lipinski definition) is 1. The van der Waals surface area contributed by atoms with E-state index in [1.165, 1.54) is 6.07 Å². The van der Waals surface area contributed by atoms with Crippen LogP contribution in [0.1, 0.15) is 22.5 Å². The summed E-state index contributed by atoms with van der Waals surface area (Å²) in [5.41, 5.74) is 3.96. The Hall–Kier alpha value is -3.48. The lowest BCUT2D eigenvalue weighted by Gasteiger charge is -2.07. The van der Waals surface area contributed by atoms with Crippen molar-refractivity contribution in [2.75, 3.05) is 0 Å². The van der Waals surface area contributed by atoms with Gasteiger partial charge in [-0.1, -0.05) is 36.4 Å². The fourth-order valence-corrected chi connectivity index (χ4v) is 3.01. The first kappa shape index (κ1) is 18.3. The zero-order valence-corrected chi connectivity index (χ0v) is 15.2. The molecule has 0 aliphatic heterocycles. The van der Waals surface area contributed by atoms with Crippen LogP contribution < -0.4 is 5.32 Å². The number of aryl methyl sites for hydroxylation is 1. The number of carbonyl (C=O) groups excluding carboxylic acids is 1. The number of aromatic nitrogens is 2. The zero-order valence-electron chi connectivity index (χ0n) is 15.2. The molecular formula is C20H20N4O3. The van der Waals surface area contributed by atoms with Gasteiger partial charge in [0.2, 0.25) is 5.91 Å². The zero-order chi connectivity index (χ0) is 19.4. The van der Waals surface area contributed by atoms with Crippen molar-refractivity contribution >= 4 is 11.6 Å². The van der Waals surface area contributed by atoms with Crippen LogP contribution in [0.3, 0.4) is 0 Å². The molecule has 3 rings (SSSR count). The highest BCUT2D eigenvalue weighted by molar-refractivity contribution is 5.79. The highest BCUT2D eigenvalue weighted by Gasteiger charge is 2.17. The normalized spacial score (nSPS) is 10.6. The SMILES string of the molecule is Cc1nn(-c2ccccc2)c(C)c1CC(=O)NCc1ccccc1[N+](=O)[O-]. The largest absolute Gasteiger partial charge is 0.351 e. The average Bonchev–Trinajstić information content (AvgIpc) is 2.95. The quantitative estimate of drug-likeness (QED) is 0.537. The van der Waals surface area contributed by atoms with Gasteiger partial charge in [-0.15, -0.1) is 0 Å². The van der Waals surface area contributed by atoms with E-state index in [0.717, 1.165) is 22.6 Å². The molecule has 0 bridgehead atoms. The number of nitrogens with zero attached hydrogens (tertiary/aromatic N) is 3. The number of nitro groups is 1. The van der Waals surface area contributed by atoms with Gasteiger partial charge in [-0.25, -0.2) is 4.68 Å². The van der Waals surface area contributed by atoms with E-state index in [2.05, 4.69) is 10.4 Å². The minimum atomic E-state index is -0.445. The van der Waals surface area contributed by atoms with Gasteiger partial charge in [0.1, 0.15) is 0 Å². The standard InChI is InChI=1S/C20H20N4O3/c1-14-18(15(2)23(22-14)17-9-4-3-5-10-17)12-20(25)21-13-16-8-6-7-11-19(16)24(26)27/h3-11H,12-13H2,1-2H3,(H,21,25). The molecule has 0 unspecified atom stereocenters. The van der Waals surface area contributed by atoms with Crippen molar-refractivity contribution in [3.63, 3.8) is 0 Å². The third-order valence-corrected chi connectivity index (χ3v) is 4.44. The molecule has 7 nitrogen and oxygen atoms in total. The Bertz CT molecular complexity index is 980. The van der Waals surface area contributed by atoms with Crippen LogP contribution >= 0.6 is 0 Å². The number of nitro benzene ring substituents is 1. The van der Waals surface area contributed by atoms with Crippen molar-refractivity contribution in [1.29, 1.82) is 0 Å². The van der Waals surface area contributed by atoms with E-state index in [4.69, 9.17) is 0 Å². The maximum Gasteiger partial charge on any atom is 0.274 e. The van der Waals surface area contributed by atoms with Gasteiger partial charge in [-0.05, 0) is 26.0 Å². The van der Waals surface area contributed by atoms with Crippen LogP contribution in [0.4, 0.5) is 5.69 Å². The highest BCUT2D eigenvalue weighted by Crippen LogP contribution is 2.19. The summed E-state index contributed by atoms with van der Waals surface area (Å²) in [6.07, 6.45) is 0.172. The molecule has 1 N–H and O–H groups in total. The van der Waals surface area contributed by atoms with E-state index >= 15 is 0 Å². The first-order valence-electron chi connectivity index (χ1n) is 8.57. The Labute approximate surface area is 156 Å². The number of carbonyl (C=O) groups is 1. The van der Waals surface area contributed by atoms with E-state index in [1.54, 1.807) is 18.2 Å². The molecule has 7 heteroatoms. The Morgan fingerprint density at radius 1 is 1.11 bits per heavy atom. The van der Waals surface area contributed by atoms with Crippen molar-refractivity contribution in [1.82, 2.24) is 15.1 Å². The highest BCUT2D eigenvalue weighted by atomic mass is 16.6. The molecule has 0 atom stereocenters. The maximum absolute atomic E-state index is 12.4. The number of hydrogen-bond acceptors (Lipinski definition) is 4. The molecule has 0 fully saturated rings. The van der Waals surface area contributed by atoms with Gasteiger partial charge in [-0.3, -0.25) is 14.9 Å². The summed E-state index contributed by atoms with van der Waals surface area (Å²) in [6, 6.07) is 16.1. The van der Waals surface area contributed by atoms with Crippen LogP contribution in [0.15, 0.2) is 54.6 Å². The fourth-order valence-electron chi connectivity index (χ4n) is 3.01. The summed E-state index contributed by atoms with van der Waals surface area (Å²) in [5.74, 6) is -0.202. The predicted molar refractivity (Wildman–Crippen MR) is 102 cm³/mol. The topological polar surface area (TPSA) is 90.1 Å². The lowest BCUT2D eigenvalue weighted by atomic mass is 10.1. The minimum Gasteiger partial charge on any atom is -0.351 e. The fraction of sp³-hybridized carbons (Fsp3) is 0.200. The van der Waals surface area contributed by atoms with Crippen LogP contribution in [0.2, 0.25) is 0 Å². The summed E-state index contributed by atoms with van der Waals surface area (Å²) in [7, 11) is 0. The molecule has 1 amide bonds. The van der Waals surface area contributed by atoms with Crippen molar-refractivity contribution in [3.8, 4) is 5.69 Å². The van der Waals surface area contributed by atoms with Gasteiger partial charge in [0, 0.05) is 29.4 Å². The van der Waals surface area contributed by atoms with E-state index in [-0.39, 0.29) is 24.6 Å². The third-order valence-electron chi connectivity index (χ3n) is 4.44. The molecule has 1 heterocycles. The number of nitrogens with one attached hydrogen (secondary N) is 1. The Morgan fingerprint density at radius 3 is 2.48 bits per heavy atom. The van der Waals surface area contributed by atoms with Crippen LogP contribution in [0, 0.1) is 24.0 Å². The van der Waals surface area contributed by atoms with Gasteiger partial charge < -0.3 is 5.32 Å². The first-order chi connectivity index (χ1) is 13.0. The first-order valence-corrected chi connectivity index (χ1v) is 8.57. The minimum absolute atomic E-state index is 0.00191. The Kier molecular flexibility index (Phi) is 5.30. The maximum atomic E-state index is 12.4. The molecule has 27 heavy (non-hydrogen) atoms. The lowest BCUT2D eigenvalue weighted by Crippen LogP contribution is -2.25. The van der Waals surface area contributed by atoms with Gasteiger partial charge >= 0.3 is 0 Å². The van der Waals surface area contributed by atoms with Crippen LogP contribution in [-0.2, 0) is 17.8 Å². The molecule has 0 spiro atoms. The van der Waals surface area contributed by atoms with Gasteiger partial charge in [0.05, 0.1) is 22.7 Å². The second-order valence-electron chi connectivity index (χ2n) is 6.24. The summed E-state index contributed by atoms with van der Waals surface area (Å²) in [5, 5.41) is 18.4. The summed E-state index contributed by atoms with van der Waals surface area (Å²) < 4.78 is 1.82. The van der Waals surface area contributed by atoms with E-state index in [9.17, 15) is 14.9 Å². The monoisotopic (exact) mass is 364 g/mol.